The van der Waals surface area contributed by atoms with Crippen LogP contribution in [0.2, 0.25) is 0 Å². The Morgan fingerprint density at radius 3 is 2.25 bits per heavy atom. The topological polar surface area (TPSA) is 38.9 Å². The third-order valence-electron chi connectivity index (χ3n) is 3.68. The van der Waals surface area contributed by atoms with Crippen molar-refractivity contribution >= 4 is 16.7 Å². The Morgan fingerprint density at radius 2 is 1.55 bits per heavy atom. The lowest BCUT2D eigenvalue weighted by molar-refractivity contribution is 1.32. The SMILES string of the molecule is Cc1cc(C)c(-c2ccc3nc(N)ccc3c2)c(C)c1. The molecule has 2 nitrogen and oxygen atoms in total. The maximum Gasteiger partial charge on any atom is 0.124 e. The second-order valence-corrected chi connectivity index (χ2v) is 5.42. The second kappa shape index (κ2) is 4.64. The van der Waals surface area contributed by atoms with Gasteiger partial charge in [-0.15, -0.1) is 0 Å². The molecule has 2 N–H and O–H groups in total. The van der Waals surface area contributed by atoms with E-state index in [1.165, 1.54) is 27.8 Å². The molecule has 0 fully saturated rings. The highest BCUT2D eigenvalue weighted by Gasteiger charge is 2.07. The average molecular weight is 262 g/mol. The summed E-state index contributed by atoms with van der Waals surface area (Å²) in [4.78, 5) is 4.35. The summed E-state index contributed by atoms with van der Waals surface area (Å²) in [5, 5.41) is 1.12. The van der Waals surface area contributed by atoms with Gasteiger partial charge in [0.2, 0.25) is 0 Å². The van der Waals surface area contributed by atoms with Crippen molar-refractivity contribution in [2.75, 3.05) is 5.73 Å². The van der Waals surface area contributed by atoms with Crippen LogP contribution in [0.25, 0.3) is 22.0 Å². The average Bonchev–Trinajstić information content (AvgIpc) is 2.37. The van der Waals surface area contributed by atoms with Crippen molar-refractivity contribution in [3.05, 3.63) is 59.2 Å². The van der Waals surface area contributed by atoms with Gasteiger partial charge in [-0.2, -0.15) is 0 Å². The van der Waals surface area contributed by atoms with Crippen molar-refractivity contribution in [1.82, 2.24) is 4.98 Å². The number of aryl methyl sites for hydroxylation is 3. The predicted molar refractivity (Wildman–Crippen MR) is 85.8 cm³/mol. The third-order valence-corrected chi connectivity index (χ3v) is 3.68. The smallest absolute Gasteiger partial charge is 0.124 e. The number of anilines is 1. The van der Waals surface area contributed by atoms with E-state index >= 15 is 0 Å². The molecule has 1 aromatic heterocycles. The standard InChI is InChI=1S/C18H18N2/c1-11-8-12(2)18(13(3)9-11)15-4-6-16-14(10-15)5-7-17(19)20-16/h4-10H,1-3H3,(H2,19,20). The van der Waals surface area contributed by atoms with Gasteiger partial charge < -0.3 is 5.73 Å². The van der Waals surface area contributed by atoms with E-state index in [2.05, 4.69) is 50.0 Å². The number of nitrogens with zero attached hydrogens (tertiary/aromatic N) is 1. The van der Waals surface area contributed by atoms with Crippen LogP contribution in [0.5, 0.6) is 0 Å². The van der Waals surface area contributed by atoms with Crippen molar-refractivity contribution in [2.45, 2.75) is 20.8 Å². The maximum absolute atomic E-state index is 5.73. The van der Waals surface area contributed by atoms with Crippen LogP contribution in [0, 0.1) is 20.8 Å². The van der Waals surface area contributed by atoms with E-state index in [-0.39, 0.29) is 0 Å². The highest BCUT2D eigenvalue weighted by molar-refractivity contribution is 5.86. The van der Waals surface area contributed by atoms with E-state index in [1.54, 1.807) is 0 Å². The molecule has 0 aliphatic carbocycles. The van der Waals surface area contributed by atoms with E-state index in [1.807, 2.05) is 18.2 Å². The minimum atomic E-state index is 0.563. The summed E-state index contributed by atoms with van der Waals surface area (Å²) in [5.41, 5.74) is 13.1. The van der Waals surface area contributed by atoms with Gasteiger partial charge in [-0.3, -0.25) is 0 Å². The van der Waals surface area contributed by atoms with Crippen LogP contribution in [0.1, 0.15) is 16.7 Å². The fourth-order valence-corrected chi connectivity index (χ4v) is 2.93. The molecule has 0 saturated carbocycles. The first-order valence-corrected chi connectivity index (χ1v) is 6.79. The first kappa shape index (κ1) is 12.7. The number of pyridine rings is 1. The normalized spacial score (nSPS) is 10.9. The summed E-state index contributed by atoms with van der Waals surface area (Å²) in [6.07, 6.45) is 0. The largest absolute Gasteiger partial charge is 0.384 e. The molecule has 2 aromatic carbocycles. The van der Waals surface area contributed by atoms with Crippen molar-refractivity contribution in [3.8, 4) is 11.1 Å². The fraction of sp³-hybridized carbons (Fsp3) is 0.167. The Bertz CT molecular complexity index is 781. The van der Waals surface area contributed by atoms with Crippen LogP contribution >= 0.6 is 0 Å². The highest BCUT2D eigenvalue weighted by Crippen LogP contribution is 2.30. The van der Waals surface area contributed by atoms with Gasteiger partial charge in [0.15, 0.2) is 0 Å². The molecule has 20 heavy (non-hydrogen) atoms. The van der Waals surface area contributed by atoms with Crippen molar-refractivity contribution in [1.29, 1.82) is 0 Å². The van der Waals surface area contributed by atoms with Crippen molar-refractivity contribution in [3.63, 3.8) is 0 Å². The van der Waals surface area contributed by atoms with Gasteiger partial charge in [-0.25, -0.2) is 4.98 Å². The van der Waals surface area contributed by atoms with Crippen LogP contribution in [0.3, 0.4) is 0 Å². The number of benzene rings is 2. The summed E-state index contributed by atoms with van der Waals surface area (Å²) in [7, 11) is 0. The first-order chi connectivity index (χ1) is 9.54. The first-order valence-electron chi connectivity index (χ1n) is 6.79. The van der Waals surface area contributed by atoms with E-state index in [0.717, 1.165) is 10.9 Å². The number of fused-ring (bicyclic) bond motifs is 1. The molecule has 0 amide bonds. The van der Waals surface area contributed by atoms with E-state index in [0.29, 0.717) is 5.82 Å². The van der Waals surface area contributed by atoms with Crippen molar-refractivity contribution < 1.29 is 0 Å². The number of nitrogens with two attached hydrogens (primary N) is 1. The van der Waals surface area contributed by atoms with Crippen LogP contribution in [0.4, 0.5) is 5.82 Å². The van der Waals surface area contributed by atoms with E-state index in [4.69, 9.17) is 5.73 Å². The van der Waals surface area contributed by atoms with Crippen LogP contribution in [0.15, 0.2) is 42.5 Å². The molecule has 0 saturated heterocycles. The van der Waals surface area contributed by atoms with Gasteiger partial charge in [-0.1, -0.05) is 23.8 Å². The molecule has 0 aliphatic heterocycles. The molecule has 3 rings (SSSR count). The Balaban J connectivity index is 2.23. The minimum absolute atomic E-state index is 0.563. The zero-order chi connectivity index (χ0) is 14.3. The Labute approximate surface area is 119 Å². The quantitative estimate of drug-likeness (QED) is 0.705. The van der Waals surface area contributed by atoms with Crippen molar-refractivity contribution in [2.24, 2.45) is 0 Å². The molecule has 2 heteroatoms. The highest BCUT2D eigenvalue weighted by atomic mass is 14.8. The summed E-state index contributed by atoms with van der Waals surface area (Å²) in [5.74, 6) is 0.563. The molecule has 0 unspecified atom stereocenters. The van der Waals surface area contributed by atoms with Crippen LogP contribution < -0.4 is 5.73 Å². The van der Waals surface area contributed by atoms with Gasteiger partial charge in [0.1, 0.15) is 5.82 Å². The molecule has 0 aliphatic rings. The number of hydrogen-bond acceptors (Lipinski definition) is 2. The fourth-order valence-electron chi connectivity index (χ4n) is 2.93. The molecule has 3 aromatic rings. The molecular formula is C18H18N2. The molecule has 100 valence electrons. The lowest BCUT2D eigenvalue weighted by Gasteiger charge is -2.12. The number of aromatic nitrogens is 1. The zero-order valence-corrected chi connectivity index (χ0v) is 12.1. The van der Waals surface area contributed by atoms with Crippen LogP contribution in [-0.4, -0.2) is 4.98 Å². The van der Waals surface area contributed by atoms with Gasteiger partial charge in [-0.05, 0) is 67.3 Å². The number of hydrogen-bond donors (Lipinski definition) is 1. The molecular weight excluding hydrogens is 244 g/mol. The minimum Gasteiger partial charge on any atom is -0.384 e. The van der Waals surface area contributed by atoms with Gasteiger partial charge in [0.05, 0.1) is 5.52 Å². The molecule has 0 atom stereocenters. The van der Waals surface area contributed by atoms with Gasteiger partial charge in [0.25, 0.3) is 0 Å². The second-order valence-electron chi connectivity index (χ2n) is 5.42. The number of nitrogen functional groups attached to an aromatic ring is 1. The summed E-state index contributed by atoms with van der Waals surface area (Å²) >= 11 is 0. The van der Waals surface area contributed by atoms with E-state index < -0.39 is 0 Å². The van der Waals surface area contributed by atoms with Crippen LogP contribution in [-0.2, 0) is 0 Å². The lowest BCUT2D eigenvalue weighted by atomic mass is 9.93. The number of rotatable bonds is 1. The Hall–Kier alpha value is -2.35. The summed E-state index contributed by atoms with van der Waals surface area (Å²) < 4.78 is 0. The summed E-state index contributed by atoms with van der Waals surface area (Å²) in [6, 6.07) is 14.7. The molecule has 0 bridgehead atoms. The summed E-state index contributed by atoms with van der Waals surface area (Å²) in [6.45, 7) is 6.47. The molecule has 0 radical (unpaired) electrons. The van der Waals surface area contributed by atoms with Gasteiger partial charge in [0, 0.05) is 5.39 Å². The molecule has 1 heterocycles. The van der Waals surface area contributed by atoms with E-state index in [9.17, 15) is 0 Å². The Morgan fingerprint density at radius 1 is 0.850 bits per heavy atom. The molecule has 0 spiro atoms. The predicted octanol–water partition coefficient (Wildman–Crippen LogP) is 4.41. The monoisotopic (exact) mass is 262 g/mol. The third kappa shape index (κ3) is 2.14. The zero-order valence-electron chi connectivity index (χ0n) is 12.1. The maximum atomic E-state index is 5.73. The lowest BCUT2D eigenvalue weighted by Crippen LogP contribution is -1.92. The Kier molecular flexibility index (Phi) is 2.94. The van der Waals surface area contributed by atoms with Gasteiger partial charge >= 0.3 is 0 Å².